The van der Waals surface area contributed by atoms with Crippen LogP contribution in [0.2, 0.25) is 0 Å². The van der Waals surface area contributed by atoms with Crippen molar-refractivity contribution >= 4 is 17.4 Å². The van der Waals surface area contributed by atoms with Gasteiger partial charge in [-0.2, -0.15) is 5.10 Å². The lowest BCUT2D eigenvalue weighted by molar-refractivity contribution is 0.102. The molecule has 0 atom stereocenters. The fourth-order valence-electron chi connectivity index (χ4n) is 2.95. The Bertz CT molecular complexity index is 1190. The number of hydrogen-bond donors (Lipinski definition) is 3. The van der Waals surface area contributed by atoms with Gasteiger partial charge in [-0.05, 0) is 36.4 Å². The summed E-state index contributed by atoms with van der Waals surface area (Å²) in [7, 11) is 0. The molecule has 0 saturated carbocycles. The minimum Gasteiger partial charge on any atom is -0.395 e. The van der Waals surface area contributed by atoms with Gasteiger partial charge in [-0.15, -0.1) is 0 Å². The average molecular weight is 406 g/mol. The maximum absolute atomic E-state index is 13.6. The van der Waals surface area contributed by atoms with Crippen LogP contribution in [0.25, 0.3) is 16.9 Å². The lowest BCUT2D eigenvalue weighted by Crippen LogP contribution is -2.19. The smallest absolute Gasteiger partial charge is 0.277 e. The first-order valence-electron chi connectivity index (χ1n) is 9.33. The molecule has 8 nitrogen and oxygen atoms in total. The van der Waals surface area contributed by atoms with Gasteiger partial charge in [0.15, 0.2) is 11.3 Å². The van der Waals surface area contributed by atoms with Crippen LogP contribution >= 0.6 is 0 Å². The van der Waals surface area contributed by atoms with Gasteiger partial charge in [-0.25, -0.2) is 18.9 Å². The highest BCUT2D eigenvalue weighted by Gasteiger charge is 2.15. The van der Waals surface area contributed by atoms with Crippen molar-refractivity contribution in [2.75, 3.05) is 18.5 Å². The van der Waals surface area contributed by atoms with Crippen molar-refractivity contribution < 1.29 is 14.3 Å². The van der Waals surface area contributed by atoms with Crippen molar-refractivity contribution in [3.63, 3.8) is 0 Å². The van der Waals surface area contributed by atoms with Crippen LogP contribution in [0.1, 0.15) is 16.2 Å². The van der Waals surface area contributed by atoms with Crippen molar-refractivity contribution in [2.45, 2.75) is 6.54 Å². The average Bonchev–Trinajstić information content (AvgIpc) is 3.18. The highest BCUT2D eigenvalue weighted by molar-refractivity contribution is 6.02. The summed E-state index contributed by atoms with van der Waals surface area (Å²) in [6.45, 7) is 0.965. The molecule has 0 aliphatic heterocycles. The third-order valence-corrected chi connectivity index (χ3v) is 4.36. The number of anilines is 1. The van der Waals surface area contributed by atoms with Gasteiger partial charge < -0.3 is 15.7 Å². The molecule has 9 heteroatoms. The Balaban J connectivity index is 1.58. The molecule has 4 aromatic rings. The largest absolute Gasteiger partial charge is 0.395 e. The number of fused-ring (bicyclic) bond motifs is 1. The molecule has 3 aromatic heterocycles. The number of aliphatic hydroxyl groups is 1. The van der Waals surface area contributed by atoms with Gasteiger partial charge in [-0.1, -0.05) is 18.2 Å². The number of rotatable bonds is 7. The Labute approximate surface area is 171 Å². The van der Waals surface area contributed by atoms with Crippen LogP contribution in [0.5, 0.6) is 0 Å². The van der Waals surface area contributed by atoms with E-state index in [2.05, 4.69) is 25.7 Å². The lowest BCUT2D eigenvalue weighted by Gasteiger charge is -2.07. The predicted molar refractivity (Wildman–Crippen MR) is 109 cm³/mol. The van der Waals surface area contributed by atoms with Gasteiger partial charge in [0.2, 0.25) is 0 Å². The number of imidazole rings is 1. The van der Waals surface area contributed by atoms with Gasteiger partial charge in [-0.3, -0.25) is 4.79 Å². The molecule has 30 heavy (non-hydrogen) atoms. The van der Waals surface area contributed by atoms with E-state index in [4.69, 9.17) is 5.11 Å². The number of carbonyl (C=O) groups is 1. The van der Waals surface area contributed by atoms with Crippen LogP contribution in [0.4, 0.5) is 10.2 Å². The summed E-state index contributed by atoms with van der Waals surface area (Å²) < 4.78 is 15.0. The molecule has 0 saturated heterocycles. The summed E-state index contributed by atoms with van der Waals surface area (Å²) in [5, 5.41) is 19.1. The molecule has 3 N–H and O–H groups in total. The zero-order valence-electron chi connectivity index (χ0n) is 15.9. The summed E-state index contributed by atoms with van der Waals surface area (Å²) in [5.74, 6) is -0.392. The summed E-state index contributed by atoms with van der Waals surface area (Å²) in [6.07, 6.45) is 1.43. The first-order valence-corrected chi connectivity index (χ1v) is 9.33. The number of aromatic nitrogens is 4. The maximum Gasteiger partial charge on any atom is 0.277 e. The van der Waals surface area contributed by atoms with E-state index < -0.39 is 5.91 Å². The number of nitrogens with zero attached hydrogens (tertiary/aromatic N) is 4. The van der Waals surface area contributed by atoms with Crippen LogP contribution in [-0.2, 0) is 6.54 Å². The zero-order valence-corrected chi connectivity index (χ0v) is 15.9. The van der Waals surface area contributed by atoms with Crippen molar-refractivity contribution in [1.82, 2.24) is 24.9 Å². The molecule has 0 spiro atoms. The molecule has 0 aliphatic rings. The number of carbonyl (C=O) groups excluding carboxylic acids is 1. The molecule has 152 valence electrons. The second-order valence-electron chi connectivity index (χ2n) is 6.51. The highest BCUT2D eigenvalue weighted by atomic mass is 19.1. The summed E-state index contributed by atoms with van der Waals surface area (Å²) in [4.78, 5) is 21.4. The molecule has 0 fully saturated rings. The Hall–Kier alpha value is -3.69. The van der Waals surface area contributed by atoms with Gasteiger partial charge in [0.25, 0.3) is 5.91 Å². The predicted octanol–water partition coefficient (Wildman–Crippen LogP) is 2.26. The van der Waals surface area contributed by atoms with Crippen LogP contribution in [-0.4, -0.2) is 43.7 Å². The quantitative estimate of drug-likeness (QED) is 0.407. The van der Waals surface area contributed by atoms with E-state index in [0.717, 1.165) is 5.69 Å². The molecule has 1 amide bonds. The van der Waals surface area contributed by atoms with Crippen LogP contribution in [0.3, 0.4) is 0 Å². The molecule has 0 bridgehead atoms. The second kappa shape index (κ2) is 8.76. The van der Waals surface area contributed by atoms with Crippen molar-refractivity contribution in [1.29, 1.82) is 0 Å². The van der Waals surface area contributed by atoms with Gasteiger partial charge in [0.05, 0.1) is 24.2 Å². The topological polar surface area (TPSA) is 104 Å². The van der Waals surface area contributed by atoms with Crippen LogP contribution < -0.4 is 10.6 Å². The molecule has 0 aliphatic carbocycles. The Morgan fingerprint density at radius 2 is 2.00 bits per heavy atom. The molecule has 1 aromatic carbocycles. The number of nitrogens with one attached hydrogen (secondary N) is 2. The zero-order chi connectivity index (χ0) is 20.9. The molecule has 4 rings (SSSR count). The first-order chi connectivity index (χ1) is 14.6. The number of benzene rings is 1. The van der Waals surface area contributed by atoms with Gasteiger partial charge >= 0.3 is 0 Å². The molecule has 0 radical (unpaired) electrons. The molecular weight excluding hydrogens is 387 g/mol. The Kier molecular flexibility index (Phi) is 5.73. The SMILES string of the molecule is O=C(Nc1cccc(CNCCO)n1)c1cnc2ccc(-c3cccc(F)c3)nn12. The van der Waals surface area contributed by atoms with Gasteiger partial charge in [0.1, 0.15) is 11.6 Å². The molecular formula is C21H19FN6O2. The summed E-state index contributed by atoms with van der Waals surface area (Å²) >= 11 is 0. The van der Waals surface area contributed by atoms with E-state index in [1.807, 2.05) is 6.07 Å². The van der Waals surface area contributed by atoms with E-state index in [0.29, 0.717) is 35.8 Å². The van der Waals surface area contributed by atoms with Crippen LogP contribution in [0, 0.1) is 5.82 Å². The third-order valence-electron chi connectivity index (χ3n) is 4.36. The standard InChI is InChI=1S/C21H19FN6O2/c22-15-4-1-3-14(11-15)17-7-8-20-24-13-18(28(20)27-17)21(30)26-19-6-2-5-16(25-19)12-23-9-10-29/h1-8,11,13,23,29H,9-10,12H2,(H,25,26,30). The van der Waals surface area contributed by atoms with Crippen molar-refractivity contribution in [2.24, 2.45) is 0 Å². The fourth-order valence-corrected chi connectivity index (χ4v) is 2.95. The fraction of sp³-hybridized carbons (Fsp3) is 0.143. The monoisotopic (exact) mass is 406 g/mol. The number of amides is 1. The van der Waals surface area contributed by atoms with Crippen LogP contribution in [0.15, 0.2) is 60.8 Å². The number of halogens is 1. The number of pyridine rings is 1. The minimum absolute atomic E-state index is 0.0370. The van der Waals surface area contributed by atoms with E-state index in [1.165, 1.54) is 22.8 Å². The summed E-state index contributed by atoms with van der Waals surface area (Å²) in [5.41, 5.74) is 2.57. The molecule has 3 heterocycles. The van der Waals surface area contributed by atoms with E-state index in [1.54, 1.807) is 36.4 Å². The maximum atomic E-state index is 13.6. The summed E-state index contributed by atoms with van der Waals surface area (Å²) in [6, 6.07) is 14.8. The van der Waals surface area contributed by atoms with E-state index in [-0.39, 0.29) is 18.1 Å². The minimum atomic E-state index is -0.417. The van der Waals surface area contributed by atoms with E-state index in [9.17, 15) is 9.18 Å². The number of hydrogen-bond acceptors (Lipinski definition) is 6. The molecule has 0 unspecified atom stereocenters. The van der Waals surface area contributed by atoms with E-state index >= 15 is 0 Å². The van der Waals surface area contributed by atoms with Crippen molar-refractivity contribution in [3.8, 4) is 11.3 Å². The Morgan fingerprint density at radius 3 is 2.83 bits per heavy atom. The highest BCUT2D eigenvalue weighted by Crippen LogP contribution is 2.19. The van der Waals surface area contributed by atoms with Gasteiger partial charge in [0, 0.05) is 18.7 Å². The third kappa shape index (κ3) is 4.32. The number of aliphatic hydroxyl groups excluding tert-OH is 1. The first kappa shape index (κ1) is 19.6. The Morgan fingerprint density at radius 1 is 1.13 bits per heavy atom. The normalized spacial score (nSPS) is 11.0. The lowest BCUT2D eigenvalue weighted by atomic mass is 10.1. The van der Waals surface area contributed by atoms with Crippen molar-refractivity contribution in [3.05, 3.63) is 78.0 Å². The second-order valence-corrected chi connectivity index (χ2v) is 6.51.